The first-order valence-corrected chi connectivity index (χ1v) is 22.2. The van der Waals surface area contributed by atoms with Crippen molar-refractivity contribution in [3.8, 4) is 62.8 Å². The normalized spacial score (nSPS) is 11.9. The van der Waals surface area contributed by atoms with Crippen LogP contribution in [0.2, 0.25) is 0 Å². The van der Waals surface area contributed by atoms with Crippen molar-refractivity contribution in [2.75, 3.05) is 0 Å². The zero-order valence-corrected chi connectivity index (χ0v) is 35.6. The molecule has 0 atom stereocenters. The van der Waals surface area contributed by atoms with Crippen LogP contribution in [0.15, 0.2) is 215 Å². The summed E-state index contributed by atoms with van der Waals surface area (Å²) >= 11 is 0. The second kappa shape index (κ2) is 14.6. The number of benzene rings is 10. The third kappa shape index (κ3) is 6.26. The summed E-state index contributed by atoms with van der Waals surface area (Å²) in [4.78, 5) is 24.8. The third-order valence-corrected chi connectivity index (χ3v) is 12.8. The van der Waals surface area contributed by atoms with E-state index in [1.165, 1.54) is 32.3 Å². The molecular formula is C59H34N6O2. The molecule has 312 valence electrons. The Morgan fingerprint density at radius 2 is 0.716 bits per heavy atom. The minimum absolute atomic E-state index is 0.549. The lowest BCUT2D eigenvalue weighted by atomic mass is 10.0. The van der Waals surface area contributed by atoms with E-state index in [4.69, 9.17) is 33.8 Å². The van der Waals surface area contributed by atoms with Gasteiger partial charge >= 0.3 is 0 Å². The fourth-order valence-corrected chi connectivity index (χ4v) is 9.46. The van der Waals surface area contributed by atoms with Crippen LogP contribution in [0.1, 0.15) is 0 Å². The fraction of sp³-hybridized carbons (Fsp3) is 0. The van der Waals surface area contributed by atoms with Crippen LogP contribution in [0.3, 0.4) is 0 Å². The summed E-state index contributed by atoms with van der Waals surface area (Å²) < 4.78 is 14.6. The quantitative estimate of drug-likeness (QED) is 0.164. The lowest BCUT2D eigenvalue weighted by Gasteiger charge is -2.11. The molecule has 14 aromatic rings. The van der Waals surface area contributed by atoms with E-state index in [2.05, 4.69) is 114 Å². The van der Waals surface area contributed by atoms with Gasteiger partial charge in [-0.25, -0.2) is 24.9 Å². The molecule has 0 radical (unpaired) electrons. The maximum atomic E-state index is 6.09. The van der Waals surface area contributed by atoms with Crippen molar-refractivity contribution in [1.82, 2.24) is 29.5 Å². The Morgan fingerprint density at radius 3 is 1.28 bits per heavy atom. The van der Waals surface area contributed by atoms with Gasteiger partial charge in [-0.1, -0.05) is 115 Å². The lowest BCUT2D eigenvalue weighted by molar-refractivity contribution is 0.619. The SMILES string of the molecule is c1ccc2cc(-n3c4cc5ccccc5cc4c4cc5cc(-c6nc(-c7ccc(-c8nc9ccccc9o8)cc7)nc(-c7ccc(-c8nc9ccccc9o8)cc7)n6)ccc5cc43)ccc2c1. The van der Waals surface area contributed by atoms with Gasteiger partial charge in [0.1, 0.15) is 11.0 Å². The summed E-state index contributed by atoms with van der Waals surface area (Å²) in [5.74, 6) is 2.78. The highest BCUT2D eigenvalue weighted by atomic mass is 16.4. The number of hydrogen-bond donors (Lipinski definition) is 0. The standard InChI is InChI=1S/C59H34N6O2/c1-2-10-40-30-46(28-27-35(40)9-1)65-51-33-42-12-4-3-11-41(42)31-47(51)48-32-45-29-44(26-25-43(45)34-52(48)65)57-63-55(36-17-21-38(22-18-36)58-60-49-13-5-7-15-53(49)66-58)62-56(64-57)37-19-23-39(24-20-37)59-61-50-14-6-8-16-54(50)67-59/h1-34H. The van der Waals surface area contributed by atoms with Crippen LogP contribution in [-0.2, 0) is 0 Å². The average Bonchev–Trinajstić information content (AvgIpc) is 4.11. The van der Waals surface area contributed by atoms with Gasteiger partial charge in [-0.05, 0) is 123 Å². The first kappa shape index (κ1) is 37.1. The molecular weight excluding hydrogens is 825 g/mol. The zero-order chi connectivity index (χ0) is 44.0. The zero-order valence-electron chi connectivity index (χ0n) is 35.6. The van der Waals surface area contributed by atoms with Gasteiger partial charge in [0.2, 0.25) is 11.8 Å². The van der Waals surface area contributed by atoms with Crippen LogP contribution < -0.4 is 0 Å². The molecule has 0 spiro atoms. The number of rotatable bonds is 6. The van der Waals surface area contributed by atoms with Gasteiger partial charge in [-0.3, -0.25) is 0 Å². The third-order valence-electron chi connectivity index (χ3n) is 12.8. The van der Waals surface area contributed by atoms with E-state index in [1.54, 1.807) is 0 Å². The van der Waals surface area contributed by atoms with Crippen molar-refractivity contribution >= 4 is 76.3 Å². The molecule has 8 nitrogen and oxygen atoms in total. The fourth-order valence-electron chi connectivity index (χ4n) is 9.46. The van der Waals surface area contributed by atoms with Crippen molar-refractivity contribution in [3.63, 3.8) is 0 Å². The molecule has 0 aliphatic heterocycles. The minimum atomic E-state index is 0.549. The maximum absolute atomic E-state index is 6.09. The summed E-state index contributed by atoms with van der Waals surface area (Å²) in [6.07, 6.45) is 0. The van der Waals surface area contributed by atoms with Crippen LogP contribution in [0.25, 0.3) is 139 Å². The molecule has 14 rings (SSSR count). The topological polar surface area (TPSA) is 95.7 Å². The number of aromatic nitrogens is 6. The first-order valence-electron chi connectivity index (χ1n) is 22.2. The van der Waals surface area contributed by atoms with Crippen LogP contribution >= 0.6 is 0 Å². The van der Waals surface area contributed by atoms with E-state index in [0.29, 0.717) is 29.3 Å². The van der Waals surface area contributed by atoms with Gasteiger partial charge in [0.25, 0.3) is 0 Å². The summed E-state index contributed by atoms with van der Waals surface area (Å²) in [7, 11) is 0. The van der Waals surface area contributed by atoms with Crippen molar-refractivity contribution < 1.29 is 8.83 Å². The monoisotopic (exact) mass is 858 g/mol. The summed E-state index contributed by atoms with van der Waals surface area (Å²) in [6.45, 7) is 0. The van der Waals surface area contributed by atoms with E-state index >= 15 is 0 Å². The summed E-state index contributed by atoms with van der Waals surface area (Å²) in [6, 6.07) is 71.2. The van der Waals surface area contributed by atoms with Crippen LogP contribution in [0.5, 0.6) is 0 Å². The molecule has 0 aliphatic rings. The van der Waals surface area contributed by atoms with Crippen molar-refractivity contribution in [2.45, 2.75) is 0 Å². The van der Waals surface area contributed by atoms with Gasteiger partial charge in [0.05, 0.1) is 11.0 Å². The highest BCUT2D eigenvalue weighted by Gasteiger charge is 2.19. The van der Waals surface area contributed by atoms with Crippen molar-refractivity contribution in [2.24, 2.45) is 0 Å². The first-order chi connectivity index (χ1) is 33.1. The molecule has 0 fully saturated rings. The lowest BCUT2D eigenvalue weighted by Crippen LogP contribution is -2.00. The van der Waals surface area contributed by atoms with E-state index in [1.807, 2.05) is 97.1 Å². The second-order valence-electron chi connectivity index (χ2n) is 16.9. The highest BCUT2D eigenvalue weighted by Crippen LogP contribution is 2.39. The Morgan fingerprint density at radius 1 is 0.299 bits per heavy atom. The Kier molecular flexibility index (Phi) is 8.11. The molecule has 67 heavy (non-hydrogen) atoms. The van der Waals surface area contributed by atoms with Gasteiger partial charge in [0, 0.05) is 44.3 Å². The Hall–Kier alpha value is -9.27. The molecule has 4 heterocycles. The molecule has 0 saturated heterocycles. The minimum Gasteiger partial charge on any atom is -0.436 e. The smallest absolute Gasteiger partial charge is 0.227 e. The van der Waals surface area contributed by atoms with Crippen molar-refractivity contribution in [3.05, 3.63) is 206 Å². The molecule has 0 N–H and O–H groups in total. The number of fused-ring (bicyclic) bond motifs is 8. The molecule has 0 saturated carbocycles. The Balaban J connectivity index is 0.913. The average molecular weight is 859 g/mol. The number of nitrogens with zero attached hydrogens (tertiary/aromatic N) is 6. The Bertz CT molecular complexity index is 4080. The highest BCUT2D eigenvalue weighted by molar-refractivity contribution is 6.17. The molecule has 4 aromatic heterocycles. The van der Waals surface area contributed by atoms with Gasteiger partial charge < -0.3 is 13.4 Å². The van der Waals surface area contributed by atoms with Gasteiger partial charge in [0.15, 0.2) is 28.6 Å². The summed E-state index contributed by atoms with van der Waals surface area (Å²) in [5.41, 5.74) is 10.8. The van der Waals surface area contributed by atoms with E-state index in [0.717, 1.165) is 77.5 Å². The van der Waals surface area contributed by atoms with Crippen molar-refractivity contribution in [1.29, 1.82) is 0 Å². The number of oxazole rings is 2. The van der Waals surface area contributed by atoms with E-state index in [9.17, 15) is 0 Å². The molecule has 0 amide bonds. The predicted octanol–water partition coefficient (Wildman–Crippen LogP) is 15.0. The molecule has 10 aromatic carbocycles. The maximum Gasteiger partial charge on any atom is 0.227 e. The number of para-hydroxylation sites is 4. The molecule has 8 heteroatoms. The summed E-state index contributed by atoms with van der Waals surface area (Å²) in [5, 5.41) is 9.40. The van der Waals surface area contributed by atoms with Gasteiger partial charge in [-0.2, -0.15) is 0 Å². The molecule has 0 bridgehead atoms. The van der Waals surface area contributed by atoms with Crippen LogP contribution in [0, 0.1) is 0 Å². The predicted molar refractivity (Wildman–Crippen MR) is 269 cm³/mol. The Labute approximate surface area is 382 Å². The van der Waals surface area contributed by atoms with Crippen LogP contribution in [0.4, 0.5) is 0 Å². The van der Waals surface area contributed by atoms with E-state index < -0.39 is 0 Å². The van der Waals surface area contributed by atoms with Gasteiger partial charge in [-0.15, -0.1) is 0 Å². The molecule has 0 aliphatic carbocycles. The largest absolute Gasteiger partial charge is 0.436 e. The second-order valence-corrected chi connectivity index (χ2v) is 16.9. The number of hydrogen-bond acceptors (Lipinski definition) is 7. The van der Waals surface area contributed by atoms with E-state index in [-0.39, 0.29) is 0 Å². The molecule has 0 unspecified atom stereocenters. The van der Waals surface area contributed by atoms with Crippen LogP contribution in [-0.4, -0.2) is 29.5 Å².